The van der Waals surface area contributed by atoms with E-state index in [-0.39, 0.29) is 5.56 Å². The van der Waals surface area contributed by atoms with Crippen LogP contribution in [0.5, 0.6) is 0 Å². The van der Waals surface area contributed by atoms with Crippen molar-refractivity contribution in [3.8, 4) is 0 Å². The van der Waals surface area contributed by atoms with Gasteiger partial charge in [0.05, 0.1) is 19.4 Å². The molecule has 0 bridgehead atoms. The van der Waals surface area contributed by atoms with Crippen LogP contribution in [-0.2, 0) is 4.74 Å². The minimum Gasteiger partial charge on any atom is -0.394 e. The highest BCUT2D eigenvalue weighted by Gasteiger charge is 2.44. The third-order valence-corrected chi connectivity index (χ3v) is 3.30. The predicted molar refractivity (Wildman–Crippen MR) is 62.5 cm³/mol. The van der Waals surface area contributed by atoms with Gasteiger partial charge in [0.2, 0.25) is 0 Å². The molecule has 19 heavy (non-hydrogen) atoms. The van der Waals surface area contributed by atoms with Gasteiger partial charge in [0.25, 0.3) is 5.56 Å². The molecule has 1 aromatic heterocycles. The average Bonchev–Trinajstić information content (AvgIpc) is 2.70. The Kier molecular flexibility index (Phi) is 3.83. The number of aliphatic hydroxyl groups is 2. The fourth-order valence-electron chi connectivity index (χ4n) is 2.17. The van der Waals surface area contributed by atoms with Crippen molar-refractivity contribution in [3.05, 3.63) is 32.6 Å². The summed E-state index contributed by atoms with van der Waals surface area (Å²) in [6.45, 7) is 0.158. The van der Waals surface area contributed by atoms with Gasteiger partial charge in [-0.05, 0) is 6.92 Å². The van der Waals surface area contributed by atoms with Crippen molar-refractivity contribution in [2.24, 2.45) is 5.92 Å². The average molecular weight is 274 g/mol. The number of rotatable bonds is 3. The van der Waals surface area contributed by atoms with Crippen LogP contribution in [0.4, 0.5) is 4.39 Å². The number of nitrogens with one attached hydrogen (secondary N) is 1. The lowest BCUT2D eigenvalue weighted by Crippen LogP contribution is -2.37. The van der Waals surface area contributed by atoms with Gasteiger partial charge in [-0.3, -0.25) is 18.7 Å². The molecule has 1 saturated heterocycles. The Hall–Kier alpha value is -1.51. The summed E-state index contributed by atoms with van der Waals surface area (Å²) >= 11 is 0. The van der Waals surface area contributed by atoms with Crippen molar-refractivity contribution in [1.29, 1.82) is 0 Å². The molecule has 1 aliphatic heterocycles. The first kappa shape index (κ1) is 13.9. The quantitative estimate of drug-likeness (QED) is 0.634. The summed E-state index contributed by atoms with van der Waals surface area (Å²) < 4.78 is 19.1. The van der Waals surface area contributed by atoms with E-state index in [4.69, 9.17) is 9.84 Å². The molecule has 0 amide bonds. The van der Waals surface area contributed by atoms with E-state index in [0.29, 0.717) is 0 Å². The van der Waals surface area contributed by atoms with E-state index in [0.717, 1.165) is 4.57 Å². The van der Waals surface area contributed by atoms with Gasteiger partial charge < -0.3 is 14.9 Å². The van der Waals surface area contributed by atoms with Crippen molar-refractivity contribution in [3.63, 3.8) is 0 Å². The monoisotopic (exact) mass is 274 g/mol. The first-order chi connectivity index (χ1) is 8.99. The van der Waals surface area contributed by atoms with Gasteiger partial charge >= 0.3 is 5.69 Å². The molecule has 0 spiro atoms. The Morgan fingerprint density at radius 3 is 2.74 bits per heavy atom. The molecular formula is C11H15FN2O5. The summed E-state index contributed by atoms with van der Waals surface area (Å²) in [5.41, 5.74) is -1.02. The lowest BCUT2D eigenvalue weighted by Gasteiger charge is -2.18. The zero-order chi connectivity index (χ0) is 14.2. The smallest absolute Gasteiger partial charge is 0.330 e. The van der Waals surface area contributed by atoms with Gasteiger partial charge in [-0.1, -0.05) is 0 Å². The van der Waals surface area contributed by atoms with Gasteiger partial charge in [0, 0.05) is 17.7 Å². The highest BCUT2D eigenvalue weighted by Crippen LogP contribution is 2.33. The topological polar surface area (TPSA) is 105 Å². The Morgan fingerprint density at radius 1 is 1.53 bits per heavy atom. The number of aromatic nitrogens is 2. The first-order valence-corrected chi connectivity index (χ1v) is 5.82. The summed E-state index contributed by atoms with van der Waals surface area (Å²) in [6.07, 6.45) is -2.04. The third kappa shape index (κ3) is 2.34. The van der Waals surface area contributed by atoms with Gasteiger partial charge in [-0.25, -0.2) is 4.79 Å². The minimum atomic E-state index is -1.27. The Balaban J connectivity index is 2.41. The van der Waals surface area contributed by atoms with Crippen molar-refractivity contribution in [2.75, 3.05) is 13.3 Å². The summed E-state index contributed by atoms with van der Waals surface area (Å²) in [6, 6.07) is 0. The van der Waals surface area contributed by atoms with Gasteiger partial charge in [0.1, 0.15) is 6.10 Å². The Bertz CT molecular complexity index is 569. The van der Waals surface area contributed by atoms with Crippen LogP contribution in [0.25, 0.3) is 0 Å². The molecule has 2 rings (SSSR count). The van der Waals surface area contributed by atoms with Crippen LogP contribution >= 0.6 is 0 Å². The maximum atomic E-state index is 12.8. The van der Waals surface area contributed by atoms with E-state index in [1.54, 1.807) is 0 Å². The molecule has 0 saturated carbocycles. The van der Waals surface area contributed by atoms with Crippen LogP contribution in [0.2, 0.25) is 0 Å². The molecule has 106 valence electrons. The van der Waals surface area contributed by atoms with E-state index in [9.17, 15) is 19.1 Å². The SMILES string of the molecule is Cc1cn([C@@H]2O[C@H](CO)[C@H](CF)[C@@H]2O)c(=O)[nH]c1=O. The summed E-state index contributed by atoms with van der Waals surface area (Å²) in [5, 5.41) is 19.0. The predicted octanol–water partition coefficient (Wildman–Crippen LogP) is -1.32. The molecule has 1 aliphatic rings. The fraction of sp³-hybridized carbons (Fsp3) is 0.636. The zero-order valence-corrected chi connectivity index (χ0v) is 10.2. The number of aryl methyl sites for hydroxylation is 1. The number of nitrogens with zero attached hydrogens (tertiary/aromatic N) is 1. The van der Waals surface area contributed by atoms with Crippen molar-refractivity contribution in [1.82, 2.24) is 9.55 Å². The normalized spacial score (nSPS) is 30.7. The van der Waals surface area contributed by atoms with Crippen LogP contribution in [-0.4, -0.2) is 45.3 Å². The molecule has 1 aromatic rings. The van der Waals surface area contributed by atoms with Crippen molar-refractivity contribution >= 4 is 0 Å². The summed E-state index contributed by atoms with van der Waals surface area (Å²) in [5.74, 6) is -0.908. The number of ether oxygens (including phenoxy) is 1. The number of halogens is 1. The van der Waals surface area contributed by atoms with Gasteiger partial charge in [-0.15, -0.1) is 0 Å². The number of hydrogen-bond acceptors (Lipinski definition) is 5. The summed E-state index contributed by atoms with van der Waals surface area (Å²) in [7, 11) is 0. The van der Waals surface area contributed by atoms with Crippen LogP contribution < -0.4 is 11.2 Å². The first-order valence-electron chi connectivity index (χ1n) is 5.82. The second-order valence-corrected chi connectivity index (χ2v) is 4.54. The molecule has 8 heteroatoms. The molecule has 3 N–H and O–H groups in total. The third-order valence-electron chi connectivity index (χ3n) is 3.30. The second kappa shape index (κ2) is 5.24. The van der Waals surface area contributed by atoms with E-state index in [1.807, 2.05) is 0 Å². The summed E-state index contributed by atoms with van der Waals surface area (Å²) in [4.78, 5) is 25.0. The van der Waals surface area contributed by atoms with E-state index >= 15 is 0 Å². The van der Waals surface area contributed by atoms with Crippen molar-refractivity contribution < 1.29 is 19.3 Å². The second-order valence-electron chi connectivity index (χ2n) is 4.54. The van der Waals surface area contributed by atoms with Gasteiger partial charge in [-0.2, -0.15) is 0 Å². The highest BCUT2D eigenvalue weighted by atomic mass is 19.1. The number of alkyl halides is 1. The molecule has 0 radical (unpaired) electrons. The maximum absolute atomic E-state index is 12.8. The van der Waals surface area contributed by atoms with Crippen LogP contribution in [0.1, 0.15) is 11.8 Å². The van der Waals surface area contributed by atoms with Gasteiger partial charge in [0.15, 0.2) is 6.23 Å². The molecule has 0 unspecified atom stereocenters. The fourth-order valence-corrected chi connectivity index (χ4v) is 2.17. The number of H-pyrrole nitrogens is 1. The largest absolute Gasteiger partial charge is 0.394 e. The molecule has 2 heterocycles. The molecular weight excluding hydrogens is 259 g/mol. The molecule has 0 aliphatic carbocycles. The lowest BCUT2D eigenvalue weighted by atomic mass is 10.00. The van der Waals surface area contributed by atoms with Crippen LogP contribution in [0.15, 0.2) is 15.8 Å². The van der Waals surface area contributed by atoms with E-state index in [1.165, 1.54) is 13.1 Å². The molecule has 4 atom stereocenters. The zero-order valence-electron chi connectivity index (χ0n) is 10.2. The minimum absolute atomic E-state index is 0.264. The molecule has 7 nitrogen and oxygen atoms in total. The Morgan fingerprint density at radius 2 is 2.21 bits per heavy atom. The number of aromatic amines is 1. The Labute approximate surface area is 107 Å². The lowest BCUT2D eigenvalue weighted by molar-refractivity contribution is -0.0537. The molecule has 0 aromatic carbocycles. The van der Waals surface area contributed by atoms with Crippen molar-refractivity contribution in [2.45, 2.75) is 25.4 Å². The van der Waals surface area contributed by atoms with Crippen LogP contribution in [0, 0.1) is 12.8 Å². The van der Waals surface area contributed by atoms with Crippen LogP contribution in [0.3, 0.4) is 0 Å². The standard InChI is InChI=1S/C11H15FN2O5/c1-5-3-14(11(18)13-9(5)17)10-8(16)6(2-12)7(4-15)19-10/h3,6-8,10,15-16H,2,4H2,1H3,(H,13,17,18)/t6-,7+,8-,10+/m0/s1. The number of aliphatic hydroxyl groups excluding tert-OH is 2. The van der Waals surface area contributed by atoms with E-state index < -0.39 is 48.9 Å². The maximum Gasteiger partial charge on any atom is 0.330 e. The van der Waals surface area contributed by atoms with E-state index in [2.05, 4.69) is 4.98 Å². The highest BCUT2D eigenvalue weighted by molar-refractivity contribution is 5.03. The molecule has 1 fully saturated rings. The number of hydrogen-bond donors (Lipinski definition) is 3.